The van der Waals surface area contributed by atoms with Crippen LogP contribution in [0.4, 0.5) is 0 Å². The molecule has 0 atom stereocenters. The summed E-state index contributed by atoms with van der Waals surface area (Å²) in [6, 6.07) is 0. The fourth-order valence-corrected chi connectivity index (χ4v) is 1.49. The molecule has 0 amide bonds. The van der Waals surface area contributed by atoms with E-state index in [1.54, 1.807) is 0 Å². The molecule has 0 aromatic carbocycles. The molecule has 0 saturated heterocycles. The smallest absolute Gasteiger partial charge is 0.0000125 e. The fourth-order valence-electron chi connectivity index (χ4n) is 1.49. The summed E-state index contributed by atoms with van der Waals surface area (Å²) in [6.45, 7) is 20.9. The van der Waals surface area contributed by atoms with Gasteiger partial charge in [-0.1, -0.05) is 55.4 Å². The summed E-state index contributed by atoms with van der Waals surface area (Å²) in [7, 11) is 0. The Labute approximate surface area is 103 Å². The van der Waals surface area contributed by atoms with Gasteiger partial charge in [0.25, 0.3) is 0 Å². The summed E-state index contributed by atoms with van der Waals surface area (Å²) in [5.41, 5.74) is 1.23. The molecule has 0 fully saturated rings. The molecule has 1 nitrogen and oxygen atoms in total. The van der Waals surface area contributed by atoms with Gasteiger partial charge in [0.15, 0.2) is 0 Å². The molecule has 0 aromatic heterocycles. The first-order valence-electron chi connectivity index (χ1n) is 6.66. The van der Waals surface area contributed by atoms with Crippen LogP contribution in [0.1, 0.15) is 68.2 Å². The van der Waals surface area contributed by atoms with Gasteiger partial charge in [-0.05, 0) is 42.2 Å². The molecule has 0 aliphatic heterocycles. The Balaban J connectivity index is 3.75. The average Bonchev–Trinajstić information content (AvgIpc) is 1.98. The van der Waals surface area contributed by atoms with E-state index in [1.807, 2.05) is 0 Å². The van der Waals surface area contributed by atoms with Crippen LogP contribution in [0.3, 0.4) is 0 Å². The van der Waals surface area contributed by atoms with Crippen molar-refractivity contribution in [2.24, 2.45) is 16.2 Å². The highest BCUT2D eigenvalue weighted by atomic mass is 14.9. The van der Waals surface area contributed by atoms with E-state index in [2.05, 4.69) is 60.7 Å². The van der Waals surface area contributed by atoms with Crippen LogP contribution in [0.25, 0.3) is 0 Å². The van der Waals surface area contributed by atoms with Crippen molar-refractivity contribution in [1.29, 1.82) is 0 Å². The second kappa shape index (κ2) is 5.53. The number of rotatable bonds is 5. The summed E-state index contributed by atoms with van der Waals surface area (Å²) in [5, 5.41) is 3.55. The van der Waals surface area contributed by atoms with Crippen molar-refractivity contribution in [1.82, 2.24) is 5.32 Å². The highest BCUT2D eigenvalue weighted by Gasteiger charge is 2.31. The van der Waals surface area contributed by atoms with Crippen LogP contribution in [0.15, 0.2) is 0 Å². The van der Waals surface area contributed by atoms with Crippen LogP contribution in [0.5, 0.6) is 0 Å². The van der Waals surface area contributed by atoms with Gasteiger partial charge in [0.1, 0.15) is 0 Å². The molecule has 0 aliphatic carbocycles. The van der Waals surface area contributed by atoms with Crippen LogP contribution in [0.2, 0.25) is 0 Å². The zero-order valence-electron chi connectivity index (χ0n) is 12.8. The summed E-state index contributed by atoms with van der Waals surface area (Å²) in [5.74, 6) is 0. The normalized spacial score (nSPS) is 14.2. The minimum absolute atomic E-state index is 0.400. The van der Waals surface area contributed by atoms with Crippen LogP contribution in [-0.2, 0) is 0 Å². The van der Waals surface area contributed by atoms with E-state index in [9.17, 15) is 0 Å². The zero-order valence-corrected chi connectivity index (χ0v) is 12.8. The van der Waals surface area contributed by atoms with Crippen LogP contribution in [0, 0.1) is 16.2 Å². The van der Waals surface area contributed by atoms with Crippen molar-refractivity contribution in [3.8, 4) is 0 Å². The third-order valence-electron chi connectivity index (χ3n) is 3.84. The minimum atomic E-state index is 0.400. The second-order valence-electron chi connectivity index (χ2n) is 7.97. The first kappa shape index (κ1) is 16.0. The van der Waals surface area contributed by atoms with Gasteiger partial charge in [-0.25, -0.2) is 0 Å². The first-order valence-corrected chi connectivity index (χ1v) is 6.66. The molecular weight excluding hydrogens is 194 g/mol. The lowest BCUT2D eigenvalue weighted by Gasteiger charge is -2.39. The molecule has 0 aliphatic rings. The quantitative estimate of drug-likeness (QED) is 0.683. The molecule has 0 unspecified atom stereocenters. The summed E-state index contributed by atoms with van der Waals surface area (Å²) in [4.78, 5) is 0. The zero-order chi connectivity index (χ0) is 13.0. The number of nitrogens with one attached hydrogen (secondary N) is 1. The molecule has 16 heavy (non-hydrogen) atoms. The van der Waals surface area contributed by atoms with Gasteiger partial charge in [0, 0.05) is 0 Å². The molecule has 0 bridgehead atoms. The average molecular weight is 227 g/mol. The van der Waals surface area contributed by atoms with E-state index in [-0.39, 0.29) is 0 Å². The lowest BCUT2D eigenvalue weighted by atomic mass is 9.67. The Bertz CT molecular complexity index is 190. The third kappa shape index (κ3) is 6.52. The largest absolute Gasteiger partial charge is 0.316 e. The fraction of sp³-hybridized carbons (Fsp3) is 1.00. The first-order chi connectivity index (χ1) is 6.96. The van der Waals surface area contributed by atoms with Gasteiger partial charge in [-0.3, -0.25) is 0 Å². The predicted octanol–water partition coefficient (Wildman–Crippen LogP) is 4.47. The van der Waals surface area contributed by atoms with E-state index in [4.69, 9.17) is 0 Å². The van der Waals surface area contributed by atoms with Crippen molar-refractivity contribution in [2.75, 3.05) is 13.1 Å². The van der Waals surface area contributed by atoms with Gasteiger partial charge < -0.3 is 5.32 Å². The van der Waals surface area contributed by atoms with E-state index in [0.717, 1.165) is 13.1 Å². The standard InChI is InChI=1S/C15H33N/c1-13(2,3)12-16-11-9-10-15(7,8)14(4,5)6/h16H,9-12H2,1-8H3. The van der Waals surface area contributed by atoms with Gasteiger partial charge in [-0.2, -0.15) is 0 Å². The highest BCUT2D eigenvalue weighted by molar-refractivity contribution is 4.82. The van der Waals surface area contributed by atoms with E-state index >= 15 is 0 Å². The Morgan fingerprint density at radius 1 is 0.812 bits per heavy atom. The number of hydrogen-bond acceptors (Lipinski definition) is 1. The van der Waals surface area contributed by atoms with Gasteiger partial charge in [0.05, 0.1) is 0 Å². The summed E-state index contributed by atoms with van der Waals surface area (Å²) < 4.78 is 0. The minimum Gasteiger partial charge on any atom is -0.316 e. The molecule has 0 heterocycles. The second-order valence-corrected chi connectivity index (χ2v) is 7.97. The Hall–Kier alpha value is -0.0400. The highest BCUT2D eigenvalue weighted by Crippen LogP contribution is 2.41. The summed E-state index contributed by atoms with van der Waals surface area (Å²) in [6.07, 6.45) is 2.58. The SMILES string of the molecule is CC(C)(C)CNCCCC(C)(C)C(C)(C)C. The Kier molecular flexibility index (Phi) is 5.52. The third-order valence-corrected chi connectivity index (χ3v) is 3.84. The van der Waals surface area contributed by atoms with Crippen LogP contribution in [-0.4, -0.2) is 13.1 Å². The Morgan fingerprint density at radius 2 is 1.31 bits per heavy atom. The topological polar surface area (TPSA) is 12.0 Å². The van der Waals surface area contributed by atoms with E-state index in [0.29, 0.717) is 16.2 Å². The number of hydrogen-bond donors (Lipinski definition) is 1. The van der Waals surface area contributed by atoms with E-state index in [1.165, 1.54) is 12.8 Å². The van der Waals surface area contributed by atoms with Crippen LogP contribution < -0.4 is 5.32 Å². The lowest BCUT2D eigenvalue weighted by molar-refractivity contribution is 0.116. The van der Waals surface area contributed by atoms with Crippen molar-refractivity contribution in [2.45, 2.75) is 68.2 Å². The lowest BCUT2D eigenvalue weighted by Crippen LogP contribution is -2.32. The van der Waals surface area contributed by atoms with Gasteiger partial charge >= 0.3 is 0 Å². The van der Waals surface area contributed by atoms with Crippen molar-refractivity contribution in [3.63, 3.8) is 0 Å². The van der Waals surface area contributed by atoms with Crippen molar-refractivity contribution >= 4 is 0 Å². The molecular formula is C15H33N. The van der Waals surface area contributed by atoms with Crippen molar-refractivity contribution in [3.05, 3.63) is 0 Å². The maximum Gasteiger partial charge on any atom is -0.0000125 e. The molecule has 1 N–H and O–H groups in total. The maximum absolute atomic E-state index is 3.55. The van der Waals surface area contributed by atoms with Gasteiger partial charge in [0.2, 0.25) is 0 Å². The molecule has 0 rings (SSSR count). The van der Waals surface area contributed by atoms with Crippen molar-refractivity contribution < 1.29 is 0 Å². The molecule has 1 heteroatoms. The molecule has 0 aromatic rings. The predicted molar refractivity (Wildman–Crippen MR) is 74.8 cm³/mol. The van der Waals surface area contributed by atoms with Gasteiger partial charge in [-0.15, -0.1) is 0 Å². The molecule has 0 spiro atoms. The Morgan fingerprint density at radius 3 is 1.69 bits per heavy atom. The maximum atomic E-state index is 3.55. The van der Waals surface area contributed by atoms with E-state index < -0.39 is 0 Å². The van der Waals surface area contributed by atoms with Crippen LogP contribution >= 0.6 is 0 Å². The molecule has 0 saturated carbocycles. The molecule has 98 valence electrons. The molecule has 0 radical (unpaired) electrons. The summed E-state index contributed by atoms with van der Waals surface area (Å²) >= 11 is 0. The monoisotopic (exact) mass is 227 g/mol.